The lowest BCUT2D eigenvalue weighted by atomic mass is 10.1. The Morgan fingerprint density at radius 1 is 1.53 bits per heavy atom. The third-order valence-corrected chi connectivity index (χ3v) is 2.58. The van der Waals surface area contributed by atoms with E-state index in [4.69, 9.17) is 4.55 Å². The number of carbonyl (C=O) groups is 1. The van der Waals surface area contributed by atoms with E-state index in [0.29, 0.717) is 0 Å². The van der Waals surface area contributed by atoms with Gasteiger partial charge in [-0.05, 0) is 13.8 Å². The zero-order chi connectivity index (χ0) is 12.3. The zero-order valence-corrected chi connectivity index (χ0v) is 9.72. The molecule has 88 valence electrons. The second-order valence-electron chi connectivity index (χ2n) is 3.69. The Hall–Kier alpha value is -1.08. The van der Waals surface area contributed by atoms with Crippen molar-refractivity contribution < 1.29 is 22.5 Å². The summed E-state index contributed by atoms with van der Waals surface area (Å²) in [5, 5.41) is 2.36. The van der Waals surface area contributed by atoms with E-state index in [1.165, 1.54) is 21.0 Å². The highest BCUT2D eigenvalue weighted by atomic mass is 32.2. The van der Waals surface area contributed by atoms with Crippen molar-refractivity contribution >= 4 is 16.0 Å². The van der Waals surface area contributed by atoms with Gasteiger partial charge >= 0.3 is 0 Å². The first kappa shape index (κ1) is 13.9. The van der Waals surface area contributed by atoms with Crippen LogP contribution in [-0.2, 0) is 19.6 Å². The number of methoxy groups -OCH3 is 1. The van der Waals surface area contributed by atoms with Gasteiger partial charge in [-0.25, -0.2) is 0 Å². The van der Waals surface area contributed by atoms with Gasteiger partial charge in [0, 0.05) is 0 Å². The summed E-state index contributed by atoms with van der Waals surface area (Å²) >= 11 is 0. The molecule has 0 unspecified atom stereocenters. The third kappa shape index (κ3) is 6.08. The van der Waals surface area contributed by atoms with E-state index in [1.54, 1.807) is 0 Å². The second-order valence-corrected chi connectivity index (χ2v) is 5.14. The number of nitrogens with one attached hydrogen (secondary N) is 1. The third-order valence-electron chi connectivity index (χ3n) is 1.49. The van der Waals surface area contributed by atoms with Crippen LogP contribution in [0.5, 0.6) is 0 Å². The van der Waals surface area contributed by atoms with Gasteiger partial charge in [0.25, 0.3) is 16.0 Å². The fourth-order valence-corrected chi connectivity index (χ4v) is 1.95. The topological polar surface area (TPSA) is 92.7 Å². The molecule has 0 rings (SSSR count). The van der Waals surface area contributed by atoms with Crippen molar-refractivity contribution in [2.45, 2.75) is 19.4 Å². The Bertz CT molecular complexity index is 357. The highest BCUT2D eigenvalue weighted by Gasteiger charge is 2.27. The summed E-state index contributed by atoms with van der Waals surface area (Å²) in [5.41, 5.74) is -1.09. The molecule has 0 aromatic heterocycles. The van der Waals surface area contributed by atoms with Crippen LogP contribution in [0.4, 0.5) is 0 Å². The molecule has 0 radical (unpaired) electrons. The van der Waals surface area contributed by atoms with Crippen molar-refractivity contribution in [1.29, 1.82) is 0 Å². The maximum absolute atomic E-state index is 11.3. The molecule has 0 bridgehead atoms. The molecule has 1 amide bonds. The number of hydrogen-bond donors (Lipinski definition) is 2. The van der Waals surface area contributed by atoms with Gasteiger partial charge in [-0.1, -0.05) is 6.58 Å². The van der Waals surface area contributed by atoms with Gasteiger partial charge in [0.15, 0.2) is 5.76 Å². The van der Waals surface area contributed by atoms with Crippen molar-refractivity contribution in [2.75, 3.05) is 12.9 Å². The molecule has 0 spiro atoms. The van der Waals surface area contributed by atoms with E-state index < -0.39 is 27.3 Å². The van der Waals surface area contributed by atoms with Gasteiger partial charge in [0.05, 0.1) is 18.4 Å². The van der Waals surface area contributed by atoms with Gasteiger partial charge in [-0.2, -0.15) is 8.42 Å². The van der Waals surface area contributed by atoms with Crippen molar-refractivity contribution in [3.8, 4) is 0 Å². The van der Waals surface area contributed by atoms with E-state index in [1.807, 2.05) is 0 Å². The van der Waals surface area contributed by atoms with Crippen molar-refractivity contribution in [1.82, 2.24) is 5.32 Å². The van der Waals surface area contributed by atoms with Gasteiger partial charge < -0.3 is 10.1 Å². The van der Waals surface area contributed by atoms with Crippen LogP contribution in [0.1, 0.15) is 13.8 Å². The average molecular weight is 237 g/mol. The standard InChI is InChI=1S/C8H15NO5S/c1-6(14-4)7(10)9-8(2,3)5-15(11,12)13/h1,5H2,2-4H3,(H,9,10)(H,11,12,13). The van der Waals surface area contributed by atoms with Gasteiger partial charge in [-0.3, -0.25) is 9.35 Å². The molecule has 7 heteroatoms. The molecule has 2 N–H and O–H groups in total. The van der Waals surface area contributed by atoms with Crippen LogP contribution in [0.15, 0.2) is 12.3 Å². The van der Waals surface area contributed by atoms with Gasteiger partial charge in [-0.15, -0.1) is 0 Å². The van der Waals surface area contributed by atoms with Crippen molar-refractivity contribution in [3.05, 3.63) is 12.3 Å². The molecule has 0 aliphatic heterocycles. The fourth-order valence-electron chi connectivity index (χ4n) is 0.962. The Morgan fingerprint density at radius 3 is 2.33 bits per heavy atom. The molecule has 0 aromatic rings. The van der Waals surface area contributed by atoms with Crippen molar-refractivity contribution in [2.24, 2.45) is 0 Å². The lowest BCUT2D eigenvalue weighted by molar-refractivity contribution is -0.121. The Kier molecular flexibility index (Phi) is 4.29. The monoisotopic (exact) mass is 237 g/mol. The van der Waals surface area contributed by atoms with Crippen LogP contribution in [0.25, 0.3) is 0 Å². The maximum Gasteiger partial charge on any atom is 0.286 e. The number of carbonyl (C=O) groups excluding carboxylic acids is 1. The van der Waals surface area contributed by atoms with Crippen molar-refractivity contribution in [3.63, 3.8) is 0 Å². The summed E-state index contributed by atoms with van der Waals surface area (Å²) in [7, 11) is -2.87. The van der Waals surface area contributed by atoms with Crippen LogP contribution in [0, 0.1) is 0 Å². The Morgan fingerprint density at radius 2 is 2.00 bits per heavy atom. The molecule has 15 heavy (non-hydrogen) atoms. The maximum atomic E-state index is 11.3. The Labute approximate surface area is 89.1 Å². The molecule has 0 aliphatic carbocycles. The summed E-state index contributed by atoms with van der Waals surface area (Å²) < 4.78 is 34.4. The number of ether oxygens (including phenoxy) is 1. The molecule has 0 saturated carbocycles. The minimum absolute atomic E-state index is 0.126. The summed E-state index contributed by atoms with van der Waals surface area (Å²) in [4.78, 5) is 11.3. The second kappa shape index (κ2) is 4.63. The van der Waals surface area contributed by atoms with Gasteiger partial charge in [0.2, 0.25) is 0 Å². The molecule has 0 fully saturated rings. The SMILES string of the molecule is C=C(OC)C(=O)NC(C)(C)CS(=O)(=O)O. The lowest BCUT2D eigenvalue weighted by Gasteiger charge is -2.24. The number of amides is 1. The summed E-state index contributed by atoms with van der Waals surface area (Å²) in [6, 6.07) is 0. The van der Waals surface area contributed by atoms with Crippen LogP contribution in [0.3, 0.4) is 0 Å². The largest absolute Gasteiger partial charge is 0.492 e. The molecular formula is C8H15NO5S. The highest BCUT2D eigenvalue weighted by molar-refractivity contribution is 7.85. The van der Waals surface area contributed by atoms with E-state index >= 15 is 0 Å². The van der Waals surface area contributed by atoms with Crippen LogP contribution in [0.2, 0.25) is 0 Å². The molecule has 0 atom stereocenters. The van der Waals surface area contributed by atoms with Crippen LogP contribution >= 0.6 is 0 Å². The van der Waals surface area contributed by atoms with E-state index in [-0.39, 0.29) is 5.76 Å². The molecule has 0 heterocycles. The predicted molar refractivity (Wildman–Crippen MR) is 54.8 cm³/mol. The Balaban J connectivity index is 4.52. The molecule has 0 aromatic carbocycles. The summed E-state index contributed by atoms with van der Waals surface area (Å²) in [6.07, 6.45) is 0. The quantitative estimate of drug-likeness (QED) is 0.396. The minimum atomic E-state index is -4.15. The highest BCUT2D eigenvalue weighted by Crippen LogP contribution is 2.07. The smallest absolute Gasteiger partial charge is 0.286 e. The lowest BCUT2D eigenvalue weighted by Crippen LogP contribution is -2.48. The first-order valence-electron chi connectivity index (χ1n) is 4.08. The van der Waals surface area contributed by atoms with E-state index in [0.717, 1.165) is 0 Å². The van der Waals surface area contributed by atoms with Crippen LogP contribution < -0.4 is 5.32 Å². The summed E-state index contributed by atoms with van der Waals surface area (Å²) in [5.74, 6) is -1.33. The predicted octanol–water partition coefficient (Wildman–Crippen LogP) is -0.0709. The van der Waals surface area contributed by atoms with E-state index in [9.17, 15) is 13.2 Å². The first-order valence-corrected chi connectivity index (χ1v) is 5.69. The summed E-state index contributed by atoms with van der Waals surface area (Å²) in [6.45, 7) is 6.23. The number of rotatable bonds is 5. The van der Waals surface area contributed by atoms with E-state index in [2.05, 4.69) is 16.6 Å². The molecule has 0 aliphatic rings. The van der Waals surface area contributed by atoms with Gasteiger partial charge in [0.1, 0.15) is 0 Å². The number of hydrogen-bond acceptors (Lipinski definition) is 4. The molecule has 6 nitrogen and oxygen atoms in total. The fraction of sp³-hybridized carbons (Fsp3) is 0.625. The minimum Gasteiger partial charge on any atom is -0.492 e. The zero-order valence-electron chi connectivity index (χ0n) is 8.90. The normalized spacial score (nSPS) is 12.0. The average Bonchev–Trinajstić information content (AvgIpc) is 1.96. The van der Waals surface area contributed by atoms with Crippen LogP contribution in [-0.4, -0.2) is 37.3 Å². The molecule has 0 saturated heterocycles. The molecular weight excluding hydrogens is 222 g/mol. The first-order chi connectivity index (χ1) is 6.57.